The molecule has 13 heavy (non-hydrogen) atoms. The van der Waals surface area contributed by atoms with E-state index < -0.39 is 0 Å². The molecule has 0 aromatic heterocycles. The quantitative estimate of drug-likeness (QED) is 0.706. The van der Waals surface area contributed by atoms with E-state index in [-0.39, 0.29) is 0 Å². The monoisotopic (exact) mass is 183 g/mol. The average Bonchev–Trinajstić information content (AvgIpc) is 2.66. The fourth-order valence-corrected chi connectivity index (χ4v) is 1.54. The topological polar surface area (TPSA) is 12.0 Å². The summed E-state index contributed by atoms with van der Waals surface area (Å²) in [5, 5.41) is 3.64. The van der Waals surface area contributed by atoms with Gasteiger partial charge in [0.2, 0.25) is 0 Å². The van der Waals surface area contributed by atoms with Crippen LogP contribution in [0, 0.1) is 10.8 Å². The normalized spacial score (nSPS) is 22.8. The summed E-state index contributed by atoms with van der Waals surface area (Å²) in [7, 11) is 0. The highest BCUT2D eigenvalue weighted by Gasteiger charge is 2.42. The molecule has 0 heterocycles. The maximum Gasteiger partial charge on any atom is 0.00925 e. The van der Waals surface area contributed by atoms with Crippen LogP contribution in [-0.2, 0) is 0 Å². The minimum atomic E-state index is 0.469. The van der Waals surface area contributed by atoms with Crippen LogP contribution in [0.15, 0.2) is 0 Å². The lowest BCUT2D eigenvalue weighted by atomic mass is 9.92. The SMILES string of the molecule is CC(NCCC(C)(C)C)C1(C)CC1. The Balaban J connectivity index is 2.12. The third kappa shape index (κ3) is 3.68. The summed E-state index contributed by atoms with van der Waals surface area (Å²) in [5.41, 5.74) is 1.09. The molecule has 1 N–H and O–H groups in total. The molecule has 0 spiro atoms. The van der Waals surface area contributed by atoms with Gasteiger partial charge in [0.15, 0.2) is 0 Å². The number of rotatable bonds is 4. The molecule has 0 saturated heterocycles. The molecule has 1 nitrogen and oxygen atoms in total. The molecule has 1 fully saturated rings. The standard InChI is InChI=1S/C12H25N/c1-10(12(5)6-7-12)13-9-8-11(2,3)4/h10,13H,6-9H2,1-5H3. The van der Waals surface area contributed by atoms with Gasteiger partial charge in [-0.25, -0.2) is 0 Å². The molecule has 1 heteroatoms. The van der Waals surface area contributed by atoms with Crippen LogP contribution in [0.1, 0.15) is 53.9 Å². The molecule has 1 aliphatic rings. The summed E-state index contributed by atoms with van der Waals surface area (Å²) in [5.74, 6) is 0. The predicted molar refractivity (Wildman–Crippen MR) is 58.9 cm³/mol. The molecule has 1 atom stereocenters. The maximum atomic E-state index is 3.64. The molecule has 0 bridgehead atoms. The van der Waals surface area contributed by atoms with Gasteiger partial charge in [0.25, 0.3) is 0 Å². The molecule has 0 aromatic carbocycles. The fourth-order valence-electron chi connectivity index (χ4n) is 1.54. The molecule has 1 unspecified atom stereocenters. The predicted octanol–water partition coefficient (Wildman–Crippen LogP) is 3.20. The van der Waals surface area contributed by atoms with Crippen molar-refractivity contribution >= 4 is 0 Å². The van der Waals surface area contributed by atoms with E-state index in [1.807, 2.05) is 0 Å². The second-order valence-electron chi connectivity index (χ2n) is 6.14. The minimum absolute atomic E-state index is 0.469. The lowest BCUT2D eigenvalue weighted by Crippen LogP contribution is -2.35. The zero-order chi connectivity index (χ0) is 10.1. The van der Waals surface area contributed by atoms with Crippen LogP contribution in [0.25, 0.3) is 0 Å². The molecule has 1 saturated carbocycles. The second-order valence-corrected chi connectivity index (χ2v) is 6.14. The molecule has 1 aliphatic carbocycles. The van der Waals surface area contributed by atoms with Crippen LogP contribution in [0.2, 0.25) is 0 Å². The third-order valence-electron chi connectivity index (χ3n) is 3.41. The highest BCUT2D eigenvalue weighted by molar-refractivity contribution is 4.96. The molecule has 0 amide bonds. The molecule has 0 radical (unpaired) electrons. The fraction of sp³-hybridized carbons (Fsp3) is 1.00. The minimum Gasteiger partial charge on any atom is -0.314 e. The first-order valence-electron chi connectivity index (χ1n) is 5.57. The highest BCUT2D eigenvalue weighted by atomic mass is 14.9. The zero-order valence-electron chi connectivity index (χ0n) is 9.91. The van der Waals surface area contributed by atoms with Crippen LogP contribution in [0.4, 0.5) is 0 Å². The Labute approximate surface area is 83.3 Å². The number of hydrogen-bond donors (Lipinski definition) is 1. The Morgan fingerprint density at radius 3 is 2.23 bits per heavy atom. The zero-order valence-corrected chi connectivity index (χ0v) is 9.91. The van der Waals surface area contributed by atoms with Crippen molar-refractivity contribution in [1.29, 1.82) is 0 Å². The van der Waals surface area contributed by atoms with Crippen molar-refractivity contribution in [2.75, 3.05) is 6.54 Å². The summed E-state index contributed by atoms with van der Waals surface area (Å²) in [4.78, 5) is 0. The Bertz CT molecular complexity index is 162. The number of hydrogen-bond acceptors (Lipinski definition) is 1. The van der Waals surface area contributed by atoms with E-state index in [0.29, 0.717) is 16.9 Å². The van der Waals surface area contributed by atoms with Gasteiger partial charge in [-0.3, -0.25) is 0 Å². The van der Waals surface area contributed by atoms with E-state index in [9.17, 15) is 0 Å². The molecule has 78 valence electrons. The molecular weight excluding hydrogens is 158 g/mol. The van der Waals surface area contributed by atoms with Gasteiger partial charge < -0.3 is 5.32 Å². The Morgan fingerprint density at radius 1 is 1.31 bits per heavy atom. The average molecular weight is 183 g/mol. The van der Waals surface area contributed by atoms with E-state index in [0.717, 1.165) is 0 Å². The van der Waals surface area contributed by atoms with Crippen molar-refractivity contribution in [1.82, 2.24) is 5.32 Å². The van der Waals surface area contributed by atoms with Gasteiger partial charge in [0, 0.05) is 6.04 Å². The van der Waals surface area contributed by atoms with Crippen LogP contribution < -0.4 is 5.32 Å². The van der Waals surface area contributed by atoms with Crippen LogP contribution >= 0.6 is 0 Å². The van der Waals surface area contributed by atoms with E-state index in [1.54, 1.807) is 0 Å². The van der Waals surface area contributed by atoms with Crippen molar-refractivity contribution in [3.63, 3.8) is 0 Å². The Morgan fingerprint density at radius 2 is 1.85 bits per heavy atom. The molecule has 0 aromatic rings. The lowest BCUT2D eigenvalue weighted by molar-refractivity contribution is 0.323. The Kier molecular flexibility index (Phi) is 3.06. The summed E-state index contributed by atoms with van der Waals surface area (Å²) in [6.45, 7) is 12.8. The third-order valence-corrected chi connectivity index (χ3v) is 3.41. The van der Waals surface area contributed by atoms with Crippen molar-refractivity contribution in [2.45, 2.75) is 59.9 Å². The van der Waals surface area contributed by atoms with Gasteiger partial charge >= 0.3 is 0 Å². The molecular formula is C12H25N. The van der Waals surface area contributed by atoms with Gasteiger partial charge in [-0.15, -0.1) is 0 Å². The molecule has 0 aliphatic heterocycles. The van der Waals surface area contributed by atoms with Crippen molar-refractivity contribution < 1.29 is 0 Å². The second kappa shape index (κ2) is 3.61. The number of nitrogens with one attached hydrogen (secondary N) is 1. The maximum absolute atomic E-state index is 3.64. The van der Waals surface area contributed by atoms with E-state index in [2.05, 4.69) is 39.9 Å². The van der Waals surface area contributed by atoms with E-state index in [4.69, 9.17) is 0 Å². The van der Waals surface area contributed by atoms with Crippen LogP contribution in [-0.4, -0.2) is 12.6 Å². The first kappa shape index (κ1) is 11.0. The van der Waals surface area contributed by atoms with Crippen molar-refractivity contribution in [2.24, 2.45) is 10.8 Å². The first-order chi connectivity index (χ1) is 5.83. The molecule has 1 rings (SSSR count). The van der Waals surface area contributed by atoms with Crippen molar-refractivity contribution in [3.05, 3.63) is 0 Å². The van der Waals surface area contributed by atoms with Crippen molar-refractivity contribution in [3.8, 4) is 0 Å². The largest absolute Gasteiger partial charge is 0.314 e. The summed E-state index contributed by atoms with van der Waals surface area (Å²) in [6, 6.07) is 0.704. The Hall–Kier alpha value is -0.0400. The smallest absolute Gasteiger partial charge is 0.00925 e. The van der Waals surface area contributed by atoms with Gasteiger partial charge in [0.05, 0.1) is 0 Å². The highest BCUT2D eigenvalue weighted by Crippen LogP contribution is 2.47. The van der Waals surface area contributed by atoms with E-state index >= 15 is 0 Å². The summed E-state index contributed by atoms with van der Waals surface area (Å²) >= 11 is 0. The summed E-state index contributed by atoms with van der Waals surface area (Å²) in [6.07, 6.45) is 4.10. The lowest BCUT2D eigenvalue weighted by Gasteiger charge is -2.24. The first-order valence-corrected chi connectivity index (χ1v) is 5.57. The summed E-state index contributed by atoms with van der Waals surface area (Å²) < 4.78 is 0. The van der Waals surface area contributed by atoms with Crippen LogP contribution in [0.3, 0.4) is 0 Å². The van der Waals surface area contributed by atoms with Gasteiger partial charge in [-0.2, -0.15) is 0 Å². The van der Waals surface area contributed by atoms with E-state index in [1.165, 1.54) is 25.8 Å². The van der Waals surface area contributed by atoms with Gasteiger partial charge in [-0.05, 0) is 43.6 Å². The van der Waals surface area contributed by atoms with Gasteiger partial charge in [0.1, 0.15) is 0 Å². The van der Waals surface area contributed by atoms with Gasteiger partial charge in [-0.1, -0.05) is 27.7 Å². The van der Waals surface area contributed by atoms with Crippen LogP contribution in [0.5, 0.6) is 0 Å².